The van der Waals surface area contributed by atoms with Crippen LogP contribution in [0.1, 0.15) is 35.0 Å². The summed E-state index contributed by atoms with van der Waals surface area (Å²) in [7, 11) is 0. The lowest BCUT2D eigenvalue weighted by atomic mass is 10.0. The van der Waals surface area contributed by atoms with Crippen LogP contribution >= 0.6 is 0 Å². The van der Waals surface area contributed by atoms with Crippen molar-refractivity contribution in [1.29, 1.82) is 0 Å². The third kappa shape index (κ3) is 2.43. The molecule has 114 valence electrons. The lowest BCUT2D eigenvalue weighted by Gasteiger charge is -2.13. The highest BCUT2D eigenvalue weighted by Gasteiger charge is 2.35. The van der Waals surface area contributed by atoms with E-state index in [1.54, 1.807) is 13.8 Å². The van der Waals surface area contributed by atoms with Crippen LogP contribution in [0.2, 0.25) is 0 Å². The van der Waals surface area contributed by atoms with E-state index in [0.29, 0.717) is 17.7 Å². The highest BCUT2D eigenvalue weighted by molar-refractivity contribution is 5.99. The van der Waals surface area contributed by atoms with Crippen molar-refractivity contribution in [2.24, 2.45) is 0 Å². The number of cyclic esters (lactones) is 1. The van der Waals surface area contributed by atoms with Gasteiger partial charge in [0.2, 0.25) is 6.10 Å². The molecule has 1 saturated heterocycles. The molecule has 1 aromatic heterocycles. The second-order valence-corrected chi connectivity index (χ2v) is 5.59. The first-order valence-electron chi connectivity index (χ1n) is 7.24. The van der Waals surface area contributed by atoms with Crippen molar-refractivity contribution >= 4 is 22.8 Å². The van der Waals surface area contributed by atoms with Gasteiger partial charge < -0.3 is 9.47 Å². The van der Waals surface area contributed by atoms with Crippen LogP contribution in [0.25, 0.3) is 10.9 Å². The third-order valence-electron chi connectivity index (χ3n) is 3.91. The number of carbonyl (C=O) groups is 2. The summed E-state index contributed by atoms with van der Waals surface area (Å²) < 4.78 is 10.3. The fourth-order valence-corrected chi connectivity index (χ4v) is 2.84. The fraction of sp³-hybridized carbons (Fsp3) is 0.353. The number of benzene rings is 1. The van der Waals surface area contributed by atoms with Crippen molar-refractivity contribution in [3.8, 4) is 0 Å². The Labute approximate surface area is 128 Å². The first-order valence-corrected chi connectivity index (χ1v) is 7.24. The Hall–Kier alpha value is -2.43. The van der Waals surface area contributed by atoms with Crippen LogP contribution in [0.3, 0.4) is 0 Å². The summed E-state index contributed by atoms with van der Waals surface area (Å²) in [6.07, 6.45) is -0.654. The van der Waals surface area contributed by atoms with Crippen molar-refractivity contribution in [2.75, 3.05) is 0 Å². The minimum atomic E-state index is -0.826. The summed E-state index contributed by atoms with van der Waals surface area (Å²) in [5, 5.41) is 0.905. The second-order valence-electron chi connectivity index (χ2n) is 5.59. The van der Waals surface area contributed by atoms with Gasteiger partial charge >= 0.3 is 11.9 Å². The van der Waals surface area contributed by atoms with Gasteiger partial charge in [-0.15, -0.1) is 0 Å². The van der Waals surface area contributed by atoms with Crippen LogP contribution in [0.15, 0.2) is 24.3 Å². The number of hydrogen-bond acceptors (Lipinski definition) is 5. The van der Waals surface area contributed by atoms with Crippen molar-refractivity contribution in [1.82, 2.24) is 4.98 Å². The minimum absolute atomic E-state index is 0.220. The number of aryl methyl sites for hydroxylation is 2. The summed E-state index contributed by atoms with van der Waals surface area (Å²) in [6.45, 7) is 5.41. The maximum atomic E-state index is 12.5. The molecule has 0 N–H and O–H groups in total. The quantitative estimate of drug-likeness (QED) is 0.798. The number of esters is 2. The fourth-order valence-electron chi connectivity index (χ4n) is 2.84. The van der Waals surface area contributed by atoms with Gasteiger partial charge in [0.05, 0.1) is 16.8 Å². The molecule has 1 aliphatic rings. The lowest BCUT2D eigenvalue weighted by molar-refractivity contribution is -0.147. The average Bonchev–Trinajstić information content (AvgIpc) is 2.76. The van der Waals surface area contributed by atoms with E-state index in [2.05, 4.69) is 4.98 Å². The molecule has 2 heterocycles. The lowest BCUT2D eigenvalue weighted by Crippen LogP contribution is -2.24. The van der Waals surface area contributed by atoms with Crippen LogP contribution in [0, 0.1) is 13.8 Å². The average molecular weight is 299 g/mol. The predicted molar refractivity (Wildman–Crippen MR) is 80.6 cm³/mol. The molecule has 5 heteroatoms. The monoisotopic (exact) mass is 299 g/mol. The number of fused-ring (bicyclic) bond motifs is 1. The molecule has 1 aromatic carbocycles. The zero-order valence-electron chi connectivity index (χ0n) is 12.8. The number of para-hydroxylation sites is 1. The minimum Gasteiger partial charge on any atom is -0.460 e. The summed E-state index contributed by atoms with van der Waals surface area (Å²) >= 11 is 0. The molecule has 0 radical (unpaired) electrons. The molecular formula is C17H17NO4. The van der Waals surface area contributed by atoms with Crippen molar-refractivity contribution in [2.45, 2.75) is 39.4 Å². The van der Waals surface area contributed by atoms with Gasteiger partial charge in [0.1, 0.15) is 6.10 Å². The molecule has 0 bridgehead atoms. The Morgan fingerprint density at radius 3 is 2.73 bits per heavy atom. The topological polar surface area (TPSA) is 65.5 Å². The largest absolute Gasteiger partial charge is 0.460 e. The maximum absolute atomic E-state index is 12.5. The van der Waals surface area contributed by atoms with Gasteiger partial charge in [-0.1, -0.05) is 18.2 Å². The normalized spacial score (nSPS) is 21.0. The maximum Gasteiger partial charge on any atom is 0.347 e. The van der Waals surface area contributed by atoms with Crippen LogP contribution < -0.4 is 0 Å². The molecule has 5 nitrogen and oxygen atoms in total. The first kappa shape index (κ1) is 14.5. The van der Waals surface area contributed by atoms with Gasteiger partial charge in [-0.2, -0.15) is 0 Å². The first-order chi connectivity index (χ1) is 10.5. The summed E-state index contributed by atoms with van der Waals surface area (Å²) in [5.74, 6) is -1.01. The molecule has 0 amide bonds. The van der Waals surface area contributed by atoms with E-state index >= 15 is 0 Å². The molecule has 0 aliphatic carbocycles. The Balaban J connectivity index is 1.96. The van der Waals surface area contributed by atoms with Gasteiger partial charge in [-0.05, 0) is 32.4 Å². The highest BCUT2D eigenvalue weighted by atomic mass is 16.6. The van der Waals surface area contributed by atoms with E-state index < -0.39 is 18.0 Å². The molecule has 1 aliphatic heterocycles. The molecular weight excluding hydrogens is 282 g/mol. The number of carbonyl (C=O) groups excluding carboxylic acids is 2. The smallest absolute Gasteiger partial charge is 0.347 e. The molecule has 2 aromatic rings. The molecule has 1 fully saturated rings. The van der Waals surface area contributed by atoms with Gasteiger partial charge in [0, 0.05) is 11.8 Å². The molecule has 0 saturated carbocycles. The molecule has 3 rings (SSSR count). The van der Waals surface area contributed by atoms with E-state index in [1.807, 2.05) is 31.2 Å². The number of hydrogen-bond donors (Lipinski definition) is 0. The van der Waals surface area contributed by atoms with Crippen molar-refractivity contribution in [3.63, 3.8) is 0 Å². The van der Waals surface area contributed by atoms with Crippen LogP contribution in [-0.4, -0.2) is 29.1 Å². The Morgan fingerprint density at radius 2 is 2.05 bits per heavy atom. The molecule has 0 spiro atoms. The van der Waals surface area contributed by atoms with Crippen LogP contribution in [0.5, 0.6) is 0 Å². The van der Waals surface area contributed by atoms with E-state index in [9.17, 15) is 9.59 Å². The zero-order valence-corrected chi connectivity index (χ0v) is 12.8. The van der Waals surface area contributed by atoms with Gasteiger partial charge in [-0.3, -0.25) is 4.98 Å². The van der Waals surface area contributed by atoms with E-state index in [-0.39, 0.29) is 6.10 Å². The van der Waals surface area contributed by atoms with Crippen LogP contribution in [0.4, 0.5) is 0 Å². The van der Waals surface area contributed by atoms with Gasteiger partial charge in [0.15, 0.2) is 0 Å². The van der Waals surface area contributed by atoms with Gasteiger partial charge in [-0.25, -0.2) is 9.59 Å². The van der Waals surface area contributed by atoms with E-state index in [0.717, 1.165) is 16.5 Å². The van der Waals surface area contributed by atoms with Crippen molar-refractivity contribution in [3.05, 3.63) is 41.1 Å². The summed E-state index contributed by atoms with van der Waals surface area (Å²) in [5.41, 5.74) is 2.67. The number of ether oxygens (including phenoxy) is 2. The Kier molecular flexibility index (Phi) is 3.56. The highest BCUT2D eigenvalue weighted by Crippen LogP contribution is 2.25. The summed E-state index contributed by atoms with van der Waals surface area (Å²) in [4.78, 5) is 28.5. The number of rotatable bonds is 2. The SMILES string of the molecule is Cc1nc2ccccc2c(C)c1C(=O)O[C@@H]1C[C@@H](C)OC1=O. The second kappa shape index (κ2) is 5.40. The molecule has 2 atom stereocenters. The van der Waals surface area contributed by atoms with E-state index in [1.165, 1.54) is 0 Å². The number of aromatic nitrogens is 1. The third-order valence-corrected chi connectivity index (χ3v) is 3.91. The van der Waals surface area contributed by atoms with Crippen molar-refractivity contribution < 1.29 is 19.1 Å². The number of pyridine rings is 1. The van der Waals surface area contributed by atoms with Crippen LogP contribution in [-0.2, 0) is 14.3 Å². The van der Waals surface area contributed by atoms with E-state index in [4.69, 9.17) is 9.47 Å². The predicted octanol–water partition coefficient (Wildman–Crippen LogP) is 2.71. The number of nitrogens with zero attached hydrogens (tertiary/aromatic N) is 1. The molecule has 22 heavy (non-hydrogen) atoms. The Morgan fingerprint density at radius 1 is 1.32 bits per heavy atom. The van der Waals surface area contributed by atoms with Gasteiger partial charge in [0.25, 0.3) is 0 Å². The zero-order chi connectivity index (χ0) is 15.9. The standard InChI is InChI=1S/C17H17NO4/c1-9-8-14(16(19)21-9)22-17(20)15-10(2)12-6-4-5-7-13(12)18-11(15)3/h4-7,9,14H,8H2,1-3H3/t9-,14-/m1/s1. The Bertz CT molecular complexity index is 769. The molecule has 0 unspecified atom stereocenters. The summed E-state index contributed by atoms with van der Waals surface area (Å²) in [6, 6.07) is 7.62.